The average Bonchev–Trinajstić information content (AvgIpc) is 3.00. The van der Waals surface area contributed by atoms with Gasteiger partial charge >= 0.3 is 0 Å². The molecule has 0 bridgehead atoms. The van der Waals surface area contributed by atoms with Gasteiger partial charge in [0.25, 0.3) is 0 Å². The maximum Gasteiger partial charge on any atom is 0.121 e. The minimum atomic E-state index is 0.676. The van der Waals surface area contributed by atoms with E-state index in [2.05, 4.69) is 44.1 Å². The molecule has 19 heavy (non-hydrogen) atoms. The Labute approximate surface area is 121 Å². The van der Waals surface area contributed by atoms with Crippen molar-refractivity contribution in [1.29, 1.82) is 0 Å². The van der Waals surface area contributed by atoms with Crippen molar-refractivity contribution in [3.05, 3.63) is 28.7 Å². The fraction of sp³-hybridized carbons (Fsp3) is 0.357. The Bertz CT molecular complexity index is 580. The van der Waals surface area contributed by atoms with Crippen molar-refractivity contribution < 1.29 is 0 Å². The average molecular weight is 321 g/mol. The number of rotatable bonds is 2. The van der Waals surface area contributed by atoms with E-state index in [-0.39, 0.29) is 0 Å². The summed E-state index contributed by atoms with van der Waals surface area (Å²) >= 11 is 3.67. The molecule has 1 saturated heterocycles. The molecule has 0 atom stereocenters. The van der Waals surface area contributed by atoms with E-state index in [1.54, 1.807) is 4.68 Å². The van der Waals surface area contributed by atoms with Crippen LogP contribution in [0.4, 0.5) is 11.5 Å². The zero-order chi connectivity index (χ0) is 13.4. The minimum absolute atomic E-state index is 0.676. The molecule has 1 aromatic carbocycles. The van der Waals surface area contributed by atoms with Gasteiger partial charge in [-0.1, -0.05) is 6.07 Å². The van der Waals surface area contributed by atoms with Crippen molar-refractivity contribution >= 4 is 27.4 Å². The number of nitrogens with zero attached hydrogens (tertiary/aromatic N) is 3. The second-order valence-corrected chi connectivity index (χ2v) is 5.79. The van der Waals surface area contributed by atoms with Gasteiger partial charge in [-0.15, -0.1) is 0 Å². The molecule has 1 aliphatic rings. The highest BCUT2D eigenvalue weighted by Gasteiger charge is 2.15. The number of nitrogen functional groups attached to an aromatic ring is 1. The highest BCUT2D eigenvalue weighted by atomic mass is 79.9. The van der Waals surface area contributed by atoms with E-state index in [1.165, 1.54) is 18.5 Å². The molecule has 3 rings (SSSR count). The van der Waals surface area contributed by atoms with Crippen molar-refractivity contribution in [3.63, 3.8) is 0 Å². The molecule has 1 aromatic heterocycles. The second-order valence-electron chi connectivity index (χ2n) is 4.94. The zero-order valence-electron chi connectivity index (χ0n) is 10.9. The van der Waals surface area contributed by atoms with Crippen LogP contribution in [-0.2, 0) is 7.05 Å². The molecule has 0 aliphatic carbocycles. The SMILES string of the molecule is Cn1nc(-c2ccc(N3CCCC3)c(Br)c2)cc1N. The number of nitrogens with two attached hydrogens (primary N) is 1. The summed E-state index contributed by atoms with van der Waals surface area (Å²) in [4.78, 5) is 2.42. The second kappa shape index (κ2) is 4.89. The van der Waals surface area contributed by atoms with Crippen LogP contribution in [0.1, 0.15) is 12.8 Å². The molecule has 0 amide bonds. The van der Waals surface area contributed by atoms with Crippen molar-refractivity contribution in [2.45, 2.75) is 12.8 Å². The van der Waals surface area contributed by atoms with Crippen molar-refractivity contribution in [2.75, 3.05) is 23.7 Å². The van der Waals surface area contributed by atoms with Gasteiger partial charge in [-0.25, -0.2) is 0 Å². The smallest absolute Gasteiger partial charge is 0.121 e. The Morgan fingerprint density at radius 2 is 1.95 bits per heavy atom. The number of halogens is 1. The summed E-state index contributed by atoms with van der Waals surface area (Å²) in [6.45, 7) is 2.29. The highest BCUT2D eigenvalue weighted by Crippen LogP contribution is 2.33. The predicted octanol–water partition coefficient (Wildman–Crippen LogP) is 3.03. The standard InChI is InChI=1S/C14H17BrN4/c1-18-14(16)9-12(17-18)10-4-5-13(11(15)8-10)19-6-2-3-7-19/h4-5,8-9H,2-3,6-7,16H2,1H3. The van der Waals surface area contributed by atoms with Crippen molar-refractivity contribution in [3.8, 4) is 11.3 Å². The third-order valence-electron chi connectivity index (χ3n) is 3.61. The van der Waals surface area contributed by atoms with Crippen molar-refractivity contribution in [1.82, 2.24) is 9.78 Å². The lowest BCUT2D eigenvalue weighted by atomic mass is 10.1. The van der Waals surface area contributed by atoms with Crippen LogP contribution >= 0.6 is 15.9 Å². The van der Waals surface area contributed by atoms with E-state index in [0.29, 0.717) is 5.82 Å². The van der Waals surface area contributed by atoms with E-state index >= 15 is 0 Å². The lowest BCUT2D eigenvalue weighted by molar-refractivity contribution is 0.782. The molecule has 2 N–H and O–H groups in total. The lowest BCUT2D eigenvalue weighted by Crippen LogP contribution is -2.17. The van der Waals surface area contributed by atoms with E-state index in [0.717, 1.165) is 28.8 Å². The molecule has 0 radical (unpaired) electrons. The van der Waals surface area contributed by atoms with Crippen LogP contribution < -0.4 is 10.6 Å². The first-order chi connectivity index (χ1) is 9.15. The summed E-state index contributed by atoms with van der Waals surface area (Å²) in [6.07, 6.45) is 2.57. The molecular formula is C14H17BrN4. The van der Waals surface area contributed by atoms with Crippen LogP contribution in [0.15, 0.2) is 28.7 Å². The third-order valence-corrected chi connectivity index (χ3v) is 4.24. The van der Waals surface area contributed by atoms with E-state index in [9.17, 15) is 0 Å². The first-order valence-corrected chi connectivity index (χ1v) is 7.29. The van der Waals surface area contributed by atoms with Crippen molar-refractivity contribution in [2.24, 2.45) is 7.05 Å². The summed E-state index contributed by atoms with van der Waals surface area (Å²) in [5.41, 5.74) is 9.09. The summed E-state index contributed by atoms with van der Waals surface area (Å²) in [5, 5.41) is 4.41. The highest BCUT2D eigenvalue weighted by molar-refractivity contribution is 9.10. The molecule has 2 aromatic rings. The Kier molecular flexibility index (Phi) is 3.22. The fourth-order valence-corrected chi connectivity index (χ4v) is 3.13. The number of aromatic nitrogens is 2. The molecule has 1 fully saturated rings. The van der Waals surface area contributed by atoms with Crippen LogP contribution in [-0.4, -0.2) is 22.9 Å². The number of hydrogen-bond acceptors (Lipinski definition) is 3. The maximum atomic E-state index is 5.83. The van der Waals surface area contributed by atoms with Gasteiger partial charge in [-0.2, -0.15) is 5.10 Å². The minimum Gasteiger partial charge on any atom is -0.384 e. The van der Waals surface area contributed by atoms with E-state index in [4.69, 9.17) is 5.73 Å². The summed E-state index contributed by atoms with van der Waals surface area (Å²) < 4.78 is 2.81. The molecule has 5 heteroatoms. The number of anilines is 2. The van der Waals surface area contributed by atoms with Gasteiger partial charge in [0.2, 0.25) is 0 Å². The van der Waals surface area contributed by atoms with Crippen LogP contribution in [0.5, 0.6) is 0 Å². The number of benzene rings is 1. The van der Waals surface area contributed by atoms with E-state index < -0.39 is 0 Å². The fourth-order valence-electron chi connectivity index (χ4n) is 2.50. The normalized spacial score (nSPS) is 15.2. The predicted molar refractivity (Wildman–Crippen MR) is 82.2 cm³/mol. The molecular weight excluding hydrogens is 304 g/mol. The van der Waals surface area contributed by atoms with Gasteiger partial charge in [-0.05, 0) is 40.9 Å². The Balaban J connectivity index is 1.94. The van der Waals surface area contributed by atoms with Gasteiger partial charge in [0.05, 0.1) is 11.4 Å². The number of hydrogen-bond donors (Lipinski definition) is 1. The molecule has 0 saturated carbocycles. The van der Waals surface area contributed by atoms with Gasteiger partial charge in [0, 0.05) is 36.2 Å². The van der Waals surface area contributed by atoms with Gasteiger partial charge in [0.15, 0.2) is 0 Å². The molecule has 4 nitrogen and oxygen atoms in total. The maximum absolute atomic E-state index is 5.83. The summed E-state index contributed by atoms with van der Waals surface area (Å²) in [6, 6.07) is 8.29. The summed E-state index contributed by atoms with van der Waals surface area (Å²) in [5.74, 6) is 0.676. The quantitative estimate of drug-likeness (QED) is 0.925. The van der Waals surface area contributed by atoms with Crippen LogP contribution in [0.25, 0.3) is 11.3 Å². The summed E-state index contributed by atoms with van der Waals surface area (Å²) in [7, 11) is 1.85. The Morgan fingerprint density at radius 3 is 2.53 bits per heavy atom. The zero-order valence-corrected chi connectivity index (χ0v) is 12.5. The van der Waals surface area contributed by atoms with E-state index in [1.807, 2.05) is 13.1 Å². The molecule has 100 valence electrons. The topological polar surface area (TPSA) is 47.1 Å². The lowest BCUT2D eigenvalue weighted by Gasteiger charge is -2.19. The van der Waals surface area contributed by atoms with Gasteiger partial charge in [0.1, 0.15) is 5.82 Å². The van der Waals surface area contributed by atoms with Crippen LogP contribution in [0.3, 0.4) is 0 Å². The van der Waals surface area contributed by atoms with Crippen LogP contribution in [0.2, 0.25) is 0 Å². The Hall–Kier alpha value is -1.49. The molecule has 2 heterocycles. The van der Waals surface area contributed by atoms with Crippen LogP contribution in [0, 0.1) is 0 Å². The first kappa shape index (κ1) is 12.5. The largest absolute Gasteiger partial charge is 0.384 e. The third kappa shape index (κ3) is 2.34. The Morgan fingerprint density at radius 1 is 1.21 bits per heavy atom. The van der Waals surface area contributed by atoms with Gasteiger partial charge < -0.3 is 10.6 Å². The number of aryl methyl sites for hydroxylation is 1. The molecule has 0 unspecified atom stereocenters. The molecule has 0 spiro atoms. The first-order valence-electron chi connectivity index (χ1n) is 6.49. The van der Waals surface area contributed by atoms with Gasteiger partial charge in [-0.3, -0.25) is 4.68 Å². The monoisotopic (exact) mass is 320 g/mol. The molecule has 1 aliphatic heterocycles.